The molecule has 0 saturated heterocycles. The van der Waals surface area contributed by atoms with Crippen molar-refractivity contribution < 1.29 is 12.8 Å². The van der Waals surface area contributed by atoms with Crippen molar-refractivity contribution >= 4 is 9.84 Å². The van der Waals surface area contributed by atoms with Crippen LogP contribution in [0.25, 0.3) is 0 Å². The maximum absolute atomic E-state index is 13.2. The molecule has 0 aliphatic rings. The molecule has 0 heterocycles. The quantitative estimate of drug-likeness (QED) is 0.920. The second-order valence-electron chi connectivity index (χ2n) is 4.58. The van der Waals surface area contributed by atoms with Gasteiger partial charge in [0.1, 0.15) is 5.82 Å². The Bertz CT molecular complexity index is 671. The summed E-state index contributed by atoms with van der Waals surface area (Å²) in [6, 6.07) is 14.3. The zero-order chi connectivity index (χ0) is 14.6. The first-order valence-electron chi connectivity index (χ1n) is 6.26. The summed E-state index contributed by atoms with van der Waals surface area (Å²) in [5.41, 5.74) is 6.55. The molecule has 0 bridgehead atoms. The average molecular weight is 293 g/mol. The first-order chi connectivity index (χ1) is 9.53. The fourth-order valence-electron chi connectivity index (χ4n) is 2.05. The smallest absolute Gasteiger partial charge is 0.179 e. The van der Waals surface area contributed by atoms with Crippen LogP contribution in [-0.4, -0.2) is 20.7 Å². The van der Waals surface area contributed by atoms with Gasteiger partial charge < -0.3 is 5.73 Å². The van der Waals surface area contributed by atoms with Crippen LogP contribution in [0.1, 0.15) is 11.5 Å². The van der Waals surface area contributed by atoms with Gasteiger partial charge in [0.15, 0.2) is 9.84 Å². The minimum Gasteiger partial charge on any atom is -0.330 e. The van der Waals surface area contributed by atoms with Gasteiger partial charge in [-0.1, -0.05) is 36.4 Å². The van der Waals surface area contributed by atoms with Gasteiger partial charge in [-0.15, -0.1) is 0 Å². The highest BCUT2D eigenvalue weighted by Gasteiger charge is 2.22. The van der Waals surface area contributed by atoms with Crippen LogP contribution in [0.3, 0.4) is 0 Å². The summed E-state index contributed by atoms with van der Waals surface area (Å²) >= 11 is 0. The molecule has 106 valence electrons. The average Bonchev–Trinajstić information content (AvgIpc) is 2.46. The number of halogens is 1. The van der Waals surface area contributed by atoms with Crippen LogP contribution in [0.4, 0.5) is 4.39 Å². The molecule has 2 aromatic rings. The summed E-state index contributed by atoms with van der Waals surface area (Å²) in [4.78, 5) is -0.00752. The number of benzene rings is 2. The molecule has 2 rings (SSSR count). The highest BCUT2D eigenvalue weighted by Crippen LogP contribution is 2.21. The maximum Gasteiger partial charge on any atom is 0.179 e. The molecule has 0 spiro atoms. The third-order valence-electron chi connectivity index (χ3n) is 3.13. The van der Waals surface area contributed by atoms with E-state index >= 15 is 0 Å². The molecule has 0 aliphatic carbocycles. The Balaban J connectivity index is 2.27. The van der Waals surface area contributed by atoms with Crippen molar-refractivity contribution in [3.05, 3.63) is 66.0 Å². The molecule has 0 fully saturated rings. The Labute approximate surface area is 118 Å². The standard InChI is InChI=1S/C15H16FNO2S/c16-14-7-4-8-15(9-14)20(18,19)11-13(10-17)12-5-2-1-3-6-12/h1-9,13H,10-11,17H2. The third-order valence-corrected chi connectivity index (χ3v) is 4.94. The first-order valence-corrected chi connectivity index (χ1v) is 7.91. The van der Waals surface area contributed by atoms with Gasteiger partial charge >= 0.3 is 0 Å². The molecule has 0 radical (unpaired) electrons. The van der Waals surface area contributed by atoms with Gasteiger partial charge in [-0.3, -0.25) is 0 Å². The molecular weight excluding hydrogens is 277 g/mol. The molecule has 5 heteroatoms. The minimum atomic E-state index is -3.56. The van der Waals surface area contributed by atoms with Crippen molar-refractivity contribution in [2.45, 2.75) is 10.8 Å². The van der Waals surface area contributed by atoms with E-state index < -0.39 is 15.7 Å². The Kier molecular flexibility index (Phi) is 4.52. The van der Waals surface area contributed by atoms with Crippen molar-refractivity contribution in [3.63, 3.8) is 0 Å². The predicted molar refractivity (Wildman–Crippen MR) is 76.7 cm³/mol. The van der Waals surface area contributed by atoms with Crippen molar-refractivity contribution in [3.8, 4) is 0 Å². The van der Waals surface area contributed by atoms with Crippen molar-refractivity contribution in [2.75, 3.05) is 12.3 Å². The Morgan fingerprint density at radius 1 is 1.05 bits per heavy atom. The zero-order valence-corrected chi connectivity index (χ0v) is 11.7. The first kappa shape index (κ1) is 14.7. The number of sulfone groups is 1. The summed E-state index contributed by atoms with van der Waals surface area (Å²) in [6.07, 6.45) is 0. The lowest BCUT2D eigenvalue weighted by Crippen LogP contribution is -2.22. The second-order valence-corrected chi connectivity index (χ2v) is 6.62. The van der Waals surface area contributed by atoms with Crippen LogP contribution in [0, 0.1) is 5.82 Å². The summed E-state index contributed by atoms with van der Waals surface area (Å²) < 4.78 is 37.8. The molecule has 0 amide bonds. The van der Waals surface area contributed by atoms with Crippen molar-refractivity contribution in [1.29, 1.82) is 0 Å². The molecule has 0 saturated carbocycles. The van der Waals surface area contributed by atoms with E-state index in [2.05, 4.69) is 0 Å². The van der Waals surface area contributed by atoms with E-state index in [1.807, 2.05) is 30.3 Å². The number of hydrogen-bond acceptors (Lipinski definition) is 3. The highest BCUT2D eigenvalue weighted by molar-refractivity contribution is 7.91. The van der Waals surface area contributed by atoms with Crippen LogP contribution >= 0.6 is 0 Å². The summed E-state index contributed by atoms with van der Waals surface area (Å²) in [5, 5.41) is 0. The molecule has 0 aromatic heterocycles. The molecule has 2 N–H and O–H groups in total. The number of nitrogens with two attached hydrogens (primary N) is 1. The molecule has 1 atom stereocenters. The fraction of sp³-hybridized carbons (Fsp3) is 0.200. The van der Waals surface area contributed by atoms with Gasteiger partial charge in [0.2, 0.25) is 0 Å². The van der Waals surface area contributed by atoms with E-state index in [0.29, 0.717) is 0 Å². The molecule has 1 unspecified atom stereocenters. The third kappa shape index (κ3) is 3.43. The van der Waals surface area contributed by atoms with E-state index in [-0.39, 0.29) is 23.1 Å². The minimum absolute atomic E-state index is 0.00752. The van der Waals surface area contributed by atoms with E-state index in [9.17, 15) is 12.8 Å². The lowest BCUT2D eigenvalue weighted by molar-refractivity contribution is 0.583. The van der Waals surface area contributed by atoms with Gasteiger partial charge in [-0.2, -0.15) is 0 Å². The maximum atomic E-state index is 13.2. The van der Waals surface area contributed by atoms with Crippen molar-refractivity contribution in [1.82, 2.24) is 0 Å². The van der Waals surface area contributed by atoms with Gasteiger partial charge in [-0.05, 0) is 23.8 Å². The SMILES string of the molecule is NCC(CS(=O)(=O)c1cccc(F)c1)c1ccccc1. The molecule has 3 nitrogen and oxygen atoms in total. The number of rotatable bonds is 5. The van der Waals surface area contributed by atoms with Gasteiger partial charge in [-0.25, -0.2) is 12.8 Å². The second kappa shape index (κ2) is 6.15. The van der Waals surface area contributed by atoms with Gasteiger partial charge in [0.25, 0.3) is 0 Å². The normalized spacial score (nSPS) is 13.1. The van der Waals surface area contributed by atoms with E-state index in [4.69, 9.17) is 5.73 Å². The monoisotopic (exact) mass is 293 g/mol. The Morgan fingerprint density at radius 2 is 1.75 bits per heavy atom. The van der Waals surface area contributed by atoms with E-state index in [0.717, 1.165) is 11.6 Å². The number of hydrogen-bond donors (Lipinski definition) is 1. The van der Waals surface area contributed by atoms with Crippen LogP contribution in [0.5, 0.6) is 0 Å². The van der Waals surface area contributed by atoms with Crippen LogP contribution in [0.15, 0.2) is 59.5 Å². The van der Waals surface area contributed by atoms with Gasteiger partial charge in [0, 0.05) is 12.5 Å². The summed E-state index contributed by atoms with van der Waals surface area (Å²) in [6.45, 7) is 0.221. The molecule has 0 aliphatic heterocycles. The van der Waals surface area contributed by atoms with Crippen LogP contribution in [0.2, 0.25) is 0 Å². The lowest BCUT2D eigenvalue weighted by Gasteiger charge is -2.15. The summed E-state index contributed by atoms with van der Waals surface area (Å²) in [7, 11) is -3.56. The van der Waals surface area contributed by atoms with Crippen LogP contribution < -0.4 is 5.73 Å². The Hall–Kier alpha value is -1.72. The largest absolute Gasteiger partial charge is 0.330 e. The predicted octanol–water partition coefficient (Wildman–Crippen LogP) is 2.34. The Morgan fingerprint density at radius 3 is 2.35 bits per heavy atom. The molecule has 20 heavy (non-hydrogen) atoms. The molecular formula is C15H16FNO2S. The van der Waals surface area contributed by atoms with E-state index in [1.165, 1.54) is 18.2 Å². The highest BCUT2D eigenvalue weighted by atomic mass is 32.2. The lowest BCUT2D eigenvalue weighted by atomic mass is 10.0. The summed E-state index contributed by atoms with van der Waals surface area (Å²) in [5.74, 6) is -0.990. The van der Waals surface area contributed by atoms with Crippen LogP contribution in [-0.2, 0) is 9.84 Å². The fourth-order valence-corrected chi connectivity index (χ4v) is 3.68. The van der Waals surface area contributed by atoms with Crippen molar-refractivity contribution in [2.24, 2.45) is 5.73 Å². The molecule has 2 aromatic carbocycles. The zero-order valence-electron chi connectivity index (χ0n) is 10.9. The topological polar surface area (TPSA) is 60.2 Å². The van der Waals surface area contributed by atoms with Gasteiger partial charge in [0.05, 0.1) is 10.6 Å². The van der Waals surface area contributed by atoms with E-state index in [1.54, 1.807) is 0 Å².